The SMILES string of the molecule is CCC(O)c1cnnc(SC)n1. The number of rotatable bonds is 3. The summed E-state index contributed by atoms with van der Waals surface area (Å²) in [6, 6.07) is 0. The molecule has 0 aliphatic carbocycles. The topological polar surface area (TPSA) is 58.9 Å². The highest BCUT2D eigenvalue weighted by atomic mass is 32.2. The maximum absolute atomic E-state index is 9.41. The molecule has 1 heterocycles. The number of aliphatic hydroxyl groups excluding tert-OH is 1. The lowest BCUT2D eigenvalue weighted by atomic mass is 10.2. The van der Waals surface area contributed by atoms with Crippen LogP contribution in [0.15, 0.2) is 11.4 Å². The van der Waals surface area contributed by atoms with Crippen LogP contribution in [0.3, 0.4) is 0 Å². The summed E-state index contributed by atoms with van der Waals surface area (Å²) in [5.41, 5.74) is 0.594. The van der Waals surface area contributed by atoms with Gasteiger partial charge >= 0.3 is 0 Å². The van der Waals surface area contributed by atoms with Gasteiger partial charge in [0.15, 0.2) is 0 Å². The van der Waals surface area contributed by atoms with Gasteiger partial charge in [0.2, 0.25) is 5.16 Å². The zero-order valence-corrected chi connectivity index (χ0v) is 7.88. The second kappa shape index (κ2) is 4.37. The minimum Gasteiger partial charge on any atom is -0.387 e. The Kier molecular flexibility index (Phi) is 3.43. The van der Waals surface area contributed by atoms with Crippen LogP contribution in [0.4, 0.5) is 0 Å². The van der Waals surface area contributed by atoms with Gasteiger partial charge in [-0.25, -0.2) is 4.98 Å². The fraction of sp³-hybridized carbons (Fsp3) is 0.571. The zero-order valence-electron chi connectivity index (χ0n) is 7.06. The lowest BCUT2D eigenvalue weighted by Gasteiger charge is -2.05. The Balaban J connectivity index is 2.86. The molecule has 0 spiro atoms. The maximum atomic E-state index is 9.41. The van der Waals surface area contributed by atoms with Crippen molar-refractivity contribution in [2.24, 2.45) is 0 Å². The third-order valence-electron chi connectivity index (χ3n) is 1.47. The fourth-order valence-corrected chi connectivity index (χ4v) is 1.08. The highest BCUT2D eigenvalue weighted by molar-refractivity contribution is 7.98. The first-order valence-electron chi connectivity index (χ1n) is 3.69. The van der Waals surface area contributed by atoms with Crippen LogP contribution in [0.5, 0.6) is 0 Å². The second-order valence-corrected chi connectivity index (χ2v) is 3.07. The summed E-state index contributed by atoms with van der Waals surface area (Å²) >= 11 is 1.42. The smallest absolute Gasteiger partial charge is 0.209 e. The van der Waals surface area contributed by atoms with Gasteiger partial charge in [-0.2, -0.15) is 5.10 Å². The van der Waals surface area contributed by atoms with Gasteiger partial charge in [0.05, 0.1) is 18.0 Å². The van der Waals surface area contributed by atoms with Crippen molar-refractivity contribution in [3.8, 4) is 0 Å². The van der Waals surface area contributed by atoms with Gasteiger partial charge in [-0.1, -0.05) is 18.7 Å². The number of aliphatic hydroxyl groups is 1. The number of thioether (sulfide) groups is 1. The fourth-order valence-electron chi connectivity index (χ4n) is 0.755. The number of hydrogen-bond donors (Lipinski definition) is 1. The molecule has 0 aliphatic rings. The van der Waals surface area contributed by atoms with E-state index in [1.807, 2.05) is 13.2 Å². The molecule has 0 aliphatic heterocycles. The Morgan fingerprint density at radius 3 is 3.00 bits per heavy atom. The zero-order chi connectivity index (χ0) is 8.97. The lowest BCUT2D eigenvalue weighted by Crippen LogP contribution is -2.02. The van der Waals surface area contributed by atoms with E-state index in [4.69, 9.17) is 0 Å². The molecule has 0 fully saturated rings. The molecule has 1 aromatic rings. The van der Waals surface area contributed by atoms with Crippen LogP contribution in [0.1, 0.15) is 25.1 Å². The minimum absolute atomic E-state index is 0.522. The van der Waals surface area contributed by atoms with E-state index >= 15 is 0 Å². The molecule has 1 unspecified atom stereocenters. The molecule has 0 amide bonds. The van der Waals surface area contributed by atoms with Crippen molar-refractivity contribution >= 4 is 11.8 Å². The Morgan fingerprint density at radius 2 is 2.42 bits per heavy atom. The van der Waals surface area contributed by atoms with Crippen LogP contribution in [0.2, 0.25) is 0 Å². The number of aromatic nitrogens is 3. The van der Waals surface area contributed by atoms with E-state index in [1.165, 1.54) is 18.0 Å². The second-order valence-electron chi connectivity index (χ2n) is 2.29. The molecule has 1 atom stereocenters. The van der Waals surface area contributed by atoms with Crippen molar-refractivity contribution in [1.82, 2.24) is 15.2 Å². The van der Waals surface area contributed by atoms with Gasteiger partial charge in [0.25, 0.3) is 0 Å². The first-order chi connectivity index (χ1) is 5.77. The first-order valence-corrected chi connectivity index (χ1v) is 4.92. The molecular weight excluding hydrogens is 174 g/mol. The average molecular weight is 185 g/mol. The van der Waals surface area contributed by atoms with Gasteiger partial charge in [-0.05, 0) is 12.7 Å². The molecule has 1 N–H and O–H groups in total. The number of hydrogen-bond acceptors (Lipinski definition) is 5. The Bertz CT molecular complexity index is 256. The summed E-state index contributed by atoms with van der Waals surface area (Å²) in [7, 11) is 0. The van der Waals surface area contributed by atoms with E-state index in [9.17, 15) is 5.11 Å². The molecule has 12 heavy (non-hydrogen) atoms. The van der Waals surface area contributed by atoms with Crippen LogP contribution in [0, 0.1) is 0 Å². The van der Waals surface area contributed by atoms with Crippen LogP contribution in [0.25, 0.3) is 0 Å². The largest absolute Gasteiger partial charge is 0.387 e. The van der Waals surface area contributed by atoms with E-state index in [2.05, 4.69) is 15.2 Å². The Labute approximate surface area is 75.4 Å². The molecule has 1 rings (SSSR count). The summed E-state index contributed by atoms with van der Waals surface area (Å²) in [4.78, 5) is 4.10. The van der Waals surface area contributed by atoms with Crippen molar-refractivity contribution in [2.45, 2.75) is 24.6 Å². The van der Waals surface area contributed by atoms with Gasteiger partial charge in [-0.15, -0.1) is 5.10 Å². The highest BCUT2D eigenvalue weighted by Gasteiger charge is 2.07. The highest BCUT2D eigenvalue weighted by Crippen LogP contribution is 2.14. The Morgan fingerprint density at radius 1 is 1.67 bits per heavy atom. The van der Waals surface area contributed by atoms with Crippen LogP contribution >= 0.6 is 11.8 Å². The molecular formula is C7H11N3OS. The third kappa shape index (κ3) is 2.15. The molecule has 0 radical (unpaired) electrons. The maximum Gasteiger partial charge on any atom is 0.209 e. The monoisotopic (exact) mass is 185 g/mol. The first kappa shape index (κ1) is 9.41. The molecule has 0 bridgehead atoms. The minimum atomic E-state index is -0.522. The normalized spacial score (nSPS) is 12.9. The van der Waals surface area contributed by atoms with Crippen molar-refractivity contribution in [1.29, 1.82) is 0 Å². The molecule has 66 valence electrons. The Hall–Kier alpha value is -0.680. The van der Waals surface area contributed by atoms with Crippen LogP contribution in [-0.2, 0) is 0 Å². The van der Waals surface area contributed by atoms with E-state index in [0.29, 0.717) is 17.3 Å². The van der Waals surface area contributed by atoms with Crippen molar-refractivity contribution in [3.05, 3.63) is 11.9 Å². The average Bonchev–Trinajstić information content (AvgIpc) is 2.17. The quantitative estimate of drug-likeness (QED) is 0.713. The van der Waals surface area contributed by atoms with Gasteiger partial charge < -0.3 is 5.11 Å². The van der Waals surface area contributed by atoms with Gasteiger partial charge in [0.1, 0.15) is 0 Å². The lowest BCUT2D eigenvalue weighted by molar-refractivity contribution is 0.167. The molecule has 0 aromatic carbocycles. The molecule has 0 saturated heterocycles. The van der Waals surface area contributed by atoms with E-state index in [1.54, 1.807) is 0 Å². The van der Waals surface area contributed by atoms with Gasteiger partial charge in [-0.3, -0.25) is 0 Å². The van der Waals surface area contributed by atoms with Crippen LogP contribution < -0.4 is 0 Å². The predicted molar refractivity (Wildman–Crippen MR) is 46.9 cm³/mol. The van der Waals surface area contributed by atoms with E-state index in [0.717, 1.165) is 0 Å². The van der Waals surface area contributed by atoms with Gasteiger partial charge in [0, 0.05) is 0 Å². The third-order valence-corrected chi connectivity index (χ3v) is 2.01. The van der Waals surface area contributed by atoms with Crippen molar-refractivity contribution in [2.75, 3.05) is 6.26 Å². The molecule has 5 heteroatoms. The summed E-state index contributed by atoms with van der Waals surface area (Å²) < 4.78 is 0. The summed E-state index contributed by atoms with van der Waals surface area (Å²) in [6.07, 6.45) is 3.49. The van der Waals surface area contributed by atoms with Crippen molar-refractivity contribution < 1.29 is 5.11 Å². The molecule has 4 nitrogen and oxygen atoms in total. The summed E-state index contributed by atoms with van der Waals surface area (Å²) in [5.74, 6) is 0. The summed E-state index contributed by atoms with van der Waals surface area (Å²) in [5, 5.41) is 17.5. The van der Waals surface area contributed by atoms with Crippen molar-refractivity contribution in [3.63, 3.8) is 0 Å². The van der Waals surface area contributed by atoms with E-state index < -0.39 is 6.10 Å². The standard InChI is InChI=1S/C7H11N3OS/c1-3-6(11)5-4-8-10-7(9-5)12-2/h4,6,11H,3H2,1-2H3. The van der Waals surface area contributed by atoms with E-state index in [-0.39, 0.29) is 0 Å². The molecule has 1 aromatic heterocycles. The molecule has 0 saturated carbocycles. The van der Waals surface area contributed by atoms with Crippen LogP contribution in [-0.4, -0.2) is 26.5 Å². The number of nitrogens with zero attached hydrogens (tertiary/aromatic N) is 3. The summed E-state index contributed by atoms with van der Waals surface area (Å²) in [6.45, 7) is 1.89. The predicted octanol–water partition coefficient (Wildman–Crippen LogP) is 1.04.